The van der Waals surface area contributed by atoms with Gasteiger partial charge in [0.05, 0.1) is 12.5 Å². The first-order valence-corrected chi connectivity index (χ1v) is 11.9. The van der Waals surface area contributed by atoms with E-state index in [1.54, 1.807) is 35.2 Å². The largest absolute Gasteiger partial charge is 0.508 e. The Bertz CT molecular complexity index is 1370. The van der Waals surface area contributed by atoms with Crippen LogP contribution < -0.4 is 4.90 Å². The maximum Gasteiger partial charge on any atom is 0.230 e. The molecule has 0 spiro atoms. The highest BCUT2D eigenvalue weighted by Crippen LogP contribution is 2.40. The van der Waals surface area contributed by atoms with Crippen molar-refractivity contribution in [3.05, 3.63) is 131 Å². The van der Waals surface area contributed by atoms with E-state index in [4.69, 9.17) is 0 Å². The number of β-lactam (4-membered cyclic amide) rings is 1. The fraction of sp³-hybridized carbons (Fsp3) is 0.167. The highest BCUT2D eigenvalue weighted by molar-refractivity contribution is 6.01. The van der Waals surface area contributed by atoms with E-state index < -0.39 is 23.1 Å². The van der Waals surface area contributed by atoms with Gasteiger partial charge < -0.3 is 15.1 Å². The van der Waals surface area contributed by atoms with Crippen molar-refractivity contribution in [2.24, 2.45) is 0 Å². The lowest BCUT2D eigenvalue weighted by Gasteiger charge is -2.41. The Balaban J connectivity index is 1.44. The van der Waals surface area contributed by atoms with Gasteiger partial charge in [-0.2, -0.15) is 0 Å². The second-order valence-electron chi connectivity index (χ2n) is 9.22. The summed E-state index contributed by atoms with van der Waals surface area (Å²) in [5.74, 6) is -1.40. The molecule has 1 atom stereocenters. The Kier molecular flexibility index (Phi) is 6.48. The molecule has 1 unspecified atom stereocenters. The fourth-order valence-corrected chi connectivity index (χ4v) is 4.83. The Morgan fingerprint density at radius 3 is 1.92 bits per heavy atom. The van der Waals surface area contributed by atoms with Crippen LogP contribution in [0.5, 0.6) is 5.75 Å². The number of hydrogen-bond donors (Lipinski definition) is 2. The summed E-state index contributed by atoms with van der Waals surface area (Å²) in [6, 6.07) is 21.5. The molecule has 0 bridgehead atoms. The van der Waals surface area contributed by atoms with Gasteiger partial charge in [0.15, 0.2) is 0 Å². The van der Waals surface area contributed by atoms with E-state index in [9.17, 15) is 28.2 Å². The number of rotatable bonds is 7. The van der Waals surface area contributed by atoms with Crippen molar-refractivity contribution in [2.75, 3.05) is 4.90 Å². The zero-order chi connectivity index (χ0) is 26.2. The van der Waals surface area contributed by atoms with Crippen LogP contribution in [0.3, 0.4) is 0 Å². The van der Waals surface area contributed by atoms with Gasteiger partial charge in [0.2, 0.25) is 5.91 Å². The van der Waals surface area contributed by atoms with Gasteiger partial charge in [-0.1, -0.05) is 36.4 Å². The van der Waals surface area contributed by atoms with Gasteiger partial charge >= 0.3 is 0 Å². The number of anilines is 1. The summed E-state index contributed by atoms with van der Waals surface area (Å²) in [5, 5.41) is 21.3. The third-order valence-electron chi connectivity index (χ3n) is 6.93. The Hall–Kier alpha value is -4.10. The summed E-state index contributed by atoms with van der Waals surface area (Å²) in [7, 11) is 0. The minimum Gasteiger partial charge on any atom is -0.508 e. The average Bonchev–Trinajstić information content (AvgIpc) is 2.88. The maximum atomic E-state index is 14.9. The molecule has 7 heteroatoms. The van der Waals surface area contributed by atoms with Gasteiger partial charge in [-0.05, 0) is 89.7 Å². The molecule has 0 saturated carbocycles. The number of aryl methyl sites for hydroxylation is 1. The quantitative estimate of drug-likeness (QED) is 0.297. The third kappa shape index (κ3) is 4.82. The lowest BCUT2D eigenvalue weighted by molar-refractivity contribution is -0.124. The number of carbonyl (C=O) groups excluding carboxylic acids is 1. The number of aromatic hydroxyl groups is 1. The molecule has 2 N–H and O–H groups in total. The highest BCUT2D eigenvalue weighted by atomic mass is 19.1. The lowest BCUT2D eigenvalue weighted by atomic mass is 9.81. The molecule has 1 amide bonds. The predicted molar refractivity (Wildman–Crippen MR) is 133 cm³/mol. The van der Waals surface area contributed by atoms with Crippen LogP contribution in [0.4, 0.5) is 18.9 Å². The first kappa shape index (κ1) is 24.6. The van der Waals surface area contributed by atoms with Crippen molar-refractivity contribution in [2.45, 2.75) is 30.9 Å². The number of amides is 1. The third-order valence-corrected chi connectivity index (χ3v) is 6.93. The first-order valence-electron chi connectivity index (χ1n) is 11.9. The molecule has 1 aliphatic heterocycles. The molecule has 5 rings (SSSR count). The van der Waals surface area contributed by atoms with Gasteiger partial charge in [-0.25, -0.2) is 13.2 Å². The van der Waals surface area contributed by atoms with Gasteiger partial charge in [-0.3, -0.25) is 4.79 Å². The highest BCUT2D eigenvalue weighted by Gasteiger charge is 2.38. The molecule has 37 heavy (non-hydrogen) atoms. The van der Waals surface area contributed by atoms with E-state index in [0.717, 1.165) is 5.56 Å². The SMILES string of the molecule is O=C1CC(c2ccc(O)cc2)N1c1ccc(F)c(CCC(O)(c2ccc(F)cc2)c2ccc(F)cc2)c1. The van der Waals surface area contributed by atoms with Gasteiger partial charge in [0.1, 0.15) is 28.8 Å². The first-order chi connectivity index (χ1) is 17.7. The van der Waals surface area contributed by atoms with E-state index >= 15 is 0 Å². The molecule has 1 heterocycles. The van der Waals surface area contributed by atoms with Gasteiger partial charge in [-0.15, -0.1) is 0 Å². The molecular formula is C30H24F3NO3. The monoisotopic (exact) mass is 503 g/mol. The second-order valence-corrected chi connectivity index (χ2v) is 9.22. The molecule has 1 fully saturated rings. The van der Waals surface area contributed by atoms with E-state index in [-0.39, 0.29) is 30.5 Å². The summed E-state index contributed by atoms with van der Waals surface area (Å²) in [6.07, 6.45) is 0.420. The molecule has 1 aliphatic rings. The molecule has 0 aliphatic carbocycles. The number of phenols is 1. The summed E-state index contributed by atoms with van der Waals surface area (Å²) in [4.78, 5) is 14.1. The van der Waals surface area contributed by atoms with E-state index in [1.165, 1.54) is 60.7 Å². The van der Waals surface area contributed by atoms with Crippen molar-refractivity contribution >= 4 is 11.6 Å². The predicted octanol–water partition coefficient (Wildman–Crippen LogP) is 6.16. The van der Waals surface area contributed by atoms with Crippen LogP contribution in [0.15, 0.2) is 91.0 Å². The van der Waals surface area contributed by atoms with Crippen molar-refractivity contribution in [1.29, 1.82) is 0 Å². The van der Waals surface area contributed by atoms with Crippen molar-refractivity contribution in [3.63, 3.8) is 0 Å². The van der Waals surface area contributed by atoms with Crippen molar-refractivity contribution < 1.29 is 28.2 Å². The topological polar surface area (TPSA) is 60.8 Å². The Morgan fingerprint density at radius 2 is 1.38 bits per heavy atom. The maximum absolute atomic E-state index is 14.9. The molecule has 1 saturated heterocycles. The summed E-state index contributed by atoms with van der Waals surface area (Å²) in [5.41, 5.74) is 0.822. The molecule has 0 aromatic heterocycles. The van der Waals surface area contributed by atoms with Crippen LogP contribution in [0.25, 0.3) is 0 Å². The molecule has 4 aromatic carbocycles. The molecule has 4 aromatic rings. The fourth-order valence-electron chi connectivity index (χ4n) is 4.83. The zero-order valence-corrected chi connectivity index (χ0v) is 19.7. The molecule has 188 valence electrons. The van der Waals surface area contributed by atoms with Crippen LogP contribution in [0.1, 0.15) is 41.1 Å². The number of benzene rings is 4. The van der Waals surface area contributed by atoms with Gasteiger partial charge in [0, 0.05) is 5.69 Å². The van der Waals surface area contributed by atoms with Gasteiger partial charge in [0.25, 0.3) is 0 Å². The van der Waals surface area contributed by atoms with Crippen molar-refractivity contribution in [1.82, 2.24) is 0 Å². The number of phenolic OH excluding ortho intramolecular Hbond substituents is 1. The normalized spacial score (nSPS) is 15.5. The van der Waals surface area contributed by atoms with Crippen LogP contribution in [0, 0.1) is 17.5 Å². The number of halogens is 3. The summed E-state index contributed by atoms with van der Waals surface area (Å²) >= 11 is 0. The van der Waals surface area contributed by atoms with E-state index in [1.807, 2.05) is 0 Å². The number of carbonyl (C=O) groups is 1. The molecule has 4 nitrogen and oxygen atoms in total. The average molecular weight is 504 g/mol. The van der Waals surface area contributed by atoms with Crippen LogP contribution in [-0.4, -0.2) is 16.1 Å². The Labute approximate surface area is 212 Å². The summed E-state index contributed by atoms with van der Waals surface area (Å²) in [6.45, 7) is 0. The molecular weight excluding hydrogens is 479 g/mol. The minimum absolute atomic E-state index is 0.0278. The molecule has 0 radical (unpaired) electrons. The minimum atomic E-state index is -1.63. The smallest absolute Gasteiger partial charge is 0.230 e. The lowest BCUT2D eigenvalue weighted by Crippen LogP contribution is -2.46. The summed E-state index contributed by atoms with van der Waals surface area (Å²) < 4.78 is 42.0. The standard InChI is InChI=1S/C30H24F3NO3/c31-23-7-3-21(4-8-23)30(37,22-5-9-24(32)10-6-22)16-15-20-17-25(11-14-27(20)33)34-28(18-29(34)36)19-1-12-26(35)13-2-19/h1-14,17,28,35,37H,15-16,18H2. The van der Waals surface area contributed by atoms with Crippen molar-refractivity contribution in [3.8, 4) is 5.75 Å². The Morgan fingerprint density at radius 1 is 0.811 bits per heavy atom. The van der Waals surface area contributed by atoms with Crippen LogP contribution >= 0.6 is 0 Å². The second kappa shape index (κ2) is 9.75. The number of nitrogens with zero attached hydrogens (tertiary/aromatic N) is 1. The van der Waals surface area contributed by atoms with E-state index in [0.29, 0.717) is 28.8 Å². The number of hydrogen-bond acceptors (Lipinski definition) is 3. The number of aliphatic hydroxyl groups is 1. The van der Waals surface area contributed by atoms with Crippen LogP contribution in [-0.2, 0) is 16.8 Å². The zero-order valence-electron chi connectivity index (χ0n) is 19.7. The van der Waals surface area contributed by atoms with E-state index in [2.05, 4.69) is 0 Å². The van der Waals surface area contributed by atoms with Crippen LogP contribution in [0.2, 0.25) is 0 Å².